The number of hydrogen-bond donors (Lipinski definition) is 2. The Kier molecular flexibility index (Phi) is 3.08. The zero-order valence-corrected chi connectivity index (χ0v) is 9.95. The Labute approximate surface area is 95.0 Å². The molecule has 14 heavy (non-hydrogen) atoms. The van der Waals surface area contributed by atoms with Crippen LogP contribution in [0.25, 0.3) is 0 Å². The van der Waals surface area contributed by atoms with E-state index in [0.29, 0.717) is 12.6 Å². The molecule has 1 aromatic heterocycles. The molecule has 1 aromatic rings. The van der Waals surface area contributed by atoms with Crippen molar-refractivity contribution < 1.29 is 4.79 Å². The minimum absolute atomic E-state index is 0.0583. The lowest BCUT2D eigenvalue weighted by Gasteiger charge is -2.04. The molecule has 2 rings (SSSR count). The number of urea groups is 1. The number of rotatable bonds is 3. The molecular weight excluding hydrogens is 264 g/mol. The fourth-order valence-electron chi connectivity index (χ4n) is 1.08. The molecule has 0 saturated heterocycles. The standard InChI is InChI=1S/C9H11BrN2OS/c10-8-4-3-7(14-8)5-11-9(13)12-6-1-2-6/h3-4,6H,1-2,5H2,(H2,11,12,13). The topological polar surface area (TPSA) is 41.1 Å². The van der Waals surface area contributed by atoms with Crippen molar-refractivity contribution >= 4 is 33.3 Å². The highest BCUT2D eigenvalue weighted by Gasteiger charge is 2.22. The molecule has 1 fully saturated rings. The number of carbonyl (C=O) groups excluding carboxylic acids is 1. The van der Waals surface area contributed by atoms with Gasteiger partial charge in [-0.15, -0.1) is 11.3 Å². The summed E-state index contributed by atoms with van der Waals surface area (Å²) < 4.78 is 1.09. The van der Waals surface area contributed by atoms with Crippen LogP contribution in [0.1, 0.15) is 17.7 Å². The van der Waals surface area contributed by atoms with Crippen molar-refractivity contribution in [1.82, 2.24) is 10.6 Å². The summed E-state index contributed by atoms with van der Waals surface area (Å²) >= 11 is 5.02. The van der Waals surface area contributed by atoms with Gasteiger partial charge in [0.15, 0.2) is 0 Å². The van der Waals surface area contributed by atoms with Gasteiger partial charge >= 0.3 is 6.03 Å². The molecule has 0 bridgehead atoms. The number of thiophene rings is 1. The Morgan fingerprint density at radius 1 is 1.57 bits per heavy atom. The molecule has 1 aliphatic carbocycles. The molecule has 1 saturated carbocycles. The highest BCUT2D eigenvalue weighted by atomic mass is 79.9. The van der Waals surface area contributed by atoms with Crippen molar-refractivity contribution in [3.8, 4) is 0 Å². The van der Waals surface area contributed by atoms with E-state index in [4.69, 9.17) is 0 Å². The zero-order valence-electron chi connectivity index (χ0n) is 7.55. The van der Waals surface area contributed by atoms with Gasteiger partial charge in [-0.25, -0.2) is 4.79 Å². The molecular formula is C9H11BrN2OS. The Hall–Kier alpha value is -0.550. The van der Waals surface area contributed by atoms with Crippen molar-refractivity contribution in [2.75, 3.05) is 0 Å². The van der Waals surface area contributed by atoms with Crippen LogP contribution in [0.4, 0.5) is 4.79 Å². The molecule has 0 unspecified atom stereocenters. The maximum Gasteiger partial charge on any atom is 0.315 e. The first-order valence-corrected chi connectivity index (χ1v) is 6.13. The average Bonchev–Trinajstić information content (AvgIpc) is 2.85. The van der Waals surface area contributed by atoms with E-state index in [1.165, 1.54) is 0 Å². The Morgan fingerprint density at radius 2 is 2.36 bits per heavy atom. The maximum absolute atomic E-state index is 11.2. The molecule has 0 atom stereocenters. The summed E-state index contributed by atoms with van der Waals surface area (Å²) in [5.74, 6) is 0. The van der Waals surface area contributed by atoms with Crippen LogP contribution in [-0.4, -0.2) is 12.1 Å². The molecule has 0 aromatic carbocycles. The van der Waals surface area contributed by atoms with Crippen LogP contribution in [-0.2, 0) is 6.54 Å². The van der Waals surface area contributed by atoms with Gasteiger partial charge in [-0.2, -0.15) is 0 Å². The Bertz CT molecular complexity index is 335. The highest BCUT2D eigenvalue weighted by Crippen LogP contribution is 2.22. The van der Waals surface area contributed by atoms with Crippen molar-refractivity contribution in [2.24, 2.45) is 0 Å². The lowest BCUT2D eigenvalue weighted by molar-refractivity contribution is 0.240. The van der Waals surface area contributed by atoms with Gasteiger partial charge < -0.3 is 10.6 Å². The zero-order chi connectivity index (χ0) is 9.97. The highest BCUT2D eigenvalue weighted by molar-refractivity contribution is 9.11. The predicted octanol–water partition coefficient (Wildman–Crippen LogP) is 2.47. The lowest BCUT2D eigenvalue weighted by atomic mass is 10.5. The normalized spacial score (nSPS) is 15.2. The molecule has 0 aliphatic heterocycles. The molecule has 0 radical (unpaired) electrons. The van der Waals surface area contributed by atoms with Crippen molar-refractivity contribution in [3.05, 3.63) is 20.8 Å². The van der Waals surface area contributed by atoms with Gasteiger partial charge in [0.25, 0.3) is 0 Å². The second kappa shape index (κ2) is 4.31. The number of carbonyl (C=O) groups is 1. The van der Waals surface area contributed by atoms with Crippen LogP contribution in [0.5, 0.6) is 0 Å². The van der Waals surface area contributed by atoms with Gasteiger partial charge in [-0.1, -0.05) is 0 Å². The van der Waals surface area contributed by atoms with E-state index in [0.717, 1.165) is 21.5 Å². The van der Waals surface area contributed by atoms with Gasteiger partial charge in [0.1, 0.15) is 0 Å². The van der Waals surface area contributed by atoms with Gasteiger partial charge in [-0.05, 0) is 40.9 Å². The molecule has 76 valence electrons. The minimum atomic E-state index is -0.0583. The molecule has 0 spiro atoms. The first-order chi connectivity index (χ1) is 6.74. The van der Waals surface area contributed by atoms with E-state index in [9.17, 15) is 4.79 Å². The van der Waals surface area contributed by atoms with Crippen LogP contribution in [0.2, 0.25) is 0 Å². The molecule has 1 aliphatic rings. The number of halogens is 1. The molecule has 3 nitrogen and oxygen atoms in total. The third-order valence-corrected chi connectivity index (χ3v) is 3.59. The summed E-state index contributed by atoms with van der Waals surface area (Å²) in [5, 5.41) is 5.70. The summed E-state index contributed by atoms with van der Waals surface area (Å²) in [6, 6.07) is 4.36. The number of amides is 2. The van der Waals surface area contributed by atoms with E-state index in [1.54, 1.807) is 11.3 Å². The predicted molar refractivity (Wildman–Crippen MR) is 60.4 cm³/mol. The van der Waals surface area contributed by atoms with Gasteiger partial charge in [0, 0.05) is 10.9 Å². The maximum atomic E-state index is 11.2. The molecule has 2 amide bonds. The molecule has 1 heterocycles. The van der Waals surface area contributed by atoms with Gasteiger partial charge in [0.05, 0.1) is 10.3 Å². The second-order valence-electron chi connectivity index (χ2n) is 3.31. The molecule has 5 heteroatoms. The van der Waals surface area contributed by atoms with Crippen molar-refractivity contribution in [1.29, 1.82) is 0 Å². The Morgan fingerprint density at radius 3 is 2.93 bits per heavy atom. The van der Waals surface area contributed by atoms with E-state index < -0.39 is 0 Å². The lowest BCUT2D eigenvalue weighted by Crippen LogP contribution is -2.36. The summed E-state index contributed by atoms with van der Waals surface area (Å²) in [4.78, 5) is 12.4. The quantitative estimate of drug-likeness (QED) is 0.874. The first kappa shape index (κ1) is 9.98. The summed E-state index contributed by atoms with van der Waals surface area (Å²) in [6.07, 6.45) is 2.25. The first-order valence-electron chi connectivity index (χ1n) is 4.52. The van der Waals surface area contributed by atoms with Gasteiger partial charge in [0.2, 0.25) is 0 Å². The van der Waals surface area contributed by atoms with Crippen LogP contribution in [0.15, 0.2) is 15.9 Å². The fraction of sp³-hybridized carbons (Fsp3) is 0.444. The van der Waals surface area contributed by atoms with Crippen LogP contribution >= 0.6 is 27.3 Å². The smallest absolute Gasteiger partial charge is 0.315 e. The third-order valence-electron chi connectivity index (χ3n) is 1.96. The number of nitrogens with one attached hydrogen (secondary N) is 2. The second-order valence-corrected chi connectivity index (χ2v) is 5.85. The van der Waals surface area contributed by atoms with Crippen LogP contribution in [0.3, 0.4) is 0 Å². The Balaban J connectivity index is 1.73. The summed E-state index contributed by atoms with van der Waals surface area (Å²) in [7, 11) is 0. The van der Waals surface area contributed by atoms with Gasteiger partial charge in [-0.3, -0.25) is 0 Å². The van der Waals surface area contributed by atoms with E-state index in [1.807, 2.05) is 12.1 Å². The molecule has 2 N–H and O–H groups in total. The summed E-state index contributed by atoms with van der Waals surface area (Å²) in [5.41, 5.74) is 0. The monoisotopic (exact) mass is 274 g/mol. The fourth-order valence-corrected chi connectivity index (χ4v) is 2.50. The SMILES string of the molecule is O=C(NCc1ccc(Br)s1)NC1CC1. The summed E-state index contributed by atoms with van der Waals surface area (Å²) in [6.45, 7) is 0.606. The van der Waals surface area contributed by atoms with E-state index in [-0.39, 0.29) is 6.03 Å². The van der Waals surface area contributed by atoms with Crippen LogP contribution in [0, 0.1) is 0 Å². The third kappa shape index (κ3) is 2.99. The van der Waals surface area contributed by atoms with Crippen molar-refractivity contribution in [2.45, 2.75) is 25.4 Å². The van der Waals surface area contributed by atoms with Crippen LogP contribution < -0.4 is 10.6 Å². The largest absolute Gasteiger partial charge is 0.335 e. The van der Waals surface area contributed by atoms with Crippen molar-refractivity contribution in [3.63, 3.8) is 0 Å². The average molecular weight is 275 g/mol. The van der Waals surface area contributed by atoms with E-state index in [2.05, 4.69) is 26.6 Å². The number of hydrogen-bond acceptors (Lipinski definition) is 2. The van der Waals surface area contributed by atoms with E-state index >= 15 is 0 Å². The minimum Gasteiger partial charge on any atom is -0.335 e.